The van der Waals surface area contributed by atoms with Crippen molar-refractivity contribution in [3.63, 3.8) is 0 Å². The number of carbonyl (C=O) groups excluding carboxylic acids is 2. The summed E-state index contributed by atoms with van der Waals surface area (Å²) in [6.07, 6.45) is 1.26. The molecule has 1 rings (SSSR count). The van der Waals surface area contributed by atoms with E-state index in [0.29, 0.717) is 0 Å². The van der Waals surface area contributed by atoms with Crippen LogP contribution in [-0.4, -0.2) is 35.1 Å². The number of unbranched alkanes of at least 4 members (excludes halogenated alkanes) is 1. The molecule has 0 aliphatic heterocycles. The number of hydrogen-bond acceptors (Lipinski definition) is 8. The molecule has 1 aromatic rings. The highest BCUT2D eigenvalue weighted by Crippen LogP contribution is 2.33. The van der Waals surface area contributed by atoms with Crippen LogP contribution in [-0.2, 0) is 24.5 Å². The fourth-order valence-electron chi connectivity index (χ4n) is 2.31. The quantitative estimate of drug-likeness (QED) is 0.217. The Kier molecular flexibility index (Phi) is 7.46. The van der Waals surface area contributed by atoms with E-state index in [4.69, 9.17) is 14.7 Å². The second-order valence-corrected chi connectivity index (χ2v) is 5.02. The Labute approximate surface area is 144 Å². The predicted octanol–water partition coefficient (Wildman–Crippen LogP) is 2.05. The Hall–Kier alpha value is -3.02. The van der Waals surface area contributed by atoms with Crippen molar-refractivity contribution in [2.24, 2.45) is 0 Å². The third-order valence-electron chi connectivity index (χ3n) is 3.48. The normalized spacial score (nSPS) is 10.6. The summed E-state index contributed by atoms with van der Waals surface area (Å²) in [4.78, 5) is 39.3. The maximum atomic E-state index is 12.6. The molecule has 0 saturated carbocycles. The van der Waals surface area contributed by atoms with Crippen molar-refractivity contribution in [1.82, 2.24) is 4.98 Å². The van der Waals surface area contributed by atoms with Crippen LogP contribution < -0.4 is 0 Å². The van der Waals surface area contributed by atoms with Crippen molar-refractivity contribution in [2.45, 2.75) is 38.5 Å². The van der Waals surface area contributed by atoms with Gasteiger partial charge in [0.25, 0.3) is 5.69 Å². The lowest BCUT2D eigenvalue weighted by Gasteiger charge is -2.28. The lowest BCUT2D eigenvalue weighted by atomic mass is 9.79. The first-order chi connectivity index (χ1) is 11.9. The maximum Gasteiger partial charge on any atom is 0.329 e. The molecule has 1 heterocycles. The second-order valence-electron chi connectivity index (χ2n) is 5.02. The van der Waals surface area contributed by atoms with Gasteiger partial charge in [0.2, 0.25) is 5.41 Å². The van der Waals surface area contributed by atoms with E-state index in [1.54, 1.807) is 13.8 Å². The molecule has 134 valence electrons. The van der Waals surface area contributed by atoms with E-state index in [-0.39, 0.29) is 43.9 Å². The van der Waals surface area contributed by atoms with Gasteiger partial charge >= 0.3 is 11.9 Å². The minimum absolute atomic E-state index is 0.00654. The molecule has 0 spiro atoms. The molecule has 0 saturated heterocycles. The minimum Gasteiger partial charge on any atom is -0.465 e. The van der Waals surface area contributed by atoms with Gasteiger partial charge in [0.1, 0.15) is 6.20 Å². The number of ether oxygens (including phenoxy) is 2. The van der Waals surface area contributed by atoms with E-state index in [1.807, 2.05) is 6.07 Å². The summed E-state index contributed by atoms with van der Waals surface area (Å²) in [5, 5.41) is 19.5. The molecule has 0 unspecified atom stereocenters. The number of nitrogens with zero attached hydrogens (tertiary/aromatic N) is 3. The van der Waals surface area contributed by atoms with Gasteiger partial charge in [-0.25, -0.2) is 0 Å². The molecule has 0 fully saturated rings. The van der Waals surface area contributed by atoms with Crippen LogP contribution in [0.2, 0.25) is 0 Å². The molecule has 0 amide bonds. The van der Waals surface area contributed by atoms with Crippen molar-refractivity contribution in [1.29, 1.82) is 5.26 Å². The molecule has 0 bridgehead atoms. The third-order valence-corrected chi connectivity index (χ3v) is 3.48. The van der Waals surface area contributed by atoms with Crippen molar-refractivity contribution in [3.05, 3.63) is 34.1 Å². The van der Waals surface area contributed by atoms with Crippen molar-refractivity contribution in [2.75, 3.05) is 13.2 Å². The van der Waals surface area contributed by atoms with Gasteiger partial charge in [0.05, 0.1) is 29.9 Å². The molecular weight excluding hydrogens is 330 g/mol. The summed E-state index contributed by atoms with van der Waals surface area (Å²) in [6, 6.07) is 4.33. The summed E-state index contributed by atoms with van der Waals surface area (Å²) in [7, 11) is 0. The first-order valence-electron chi connectivity index (χ1n) is 7.76. The lowest BCUT2D eigenvalue weighted by Crippen LogP contribution is -2.47. The van der Waals surface area contributed by atoms with E-state index < -0.39 is 22.3 Å². The number of pyridine rings is 1. The predicted molar refractivity (Wildman–Crippen MR) is 85.3 cm³/mol. The molecule has 1 aromatic heterocycles. The third kappa shape index (κ3) is 4.50. The van der Waals surface area contributed by atoms with Gasteiger partial charge in [0.15, 0.2) is 0 Å². The van der Waals surface area contributed by atoms with Gasteiger partial charge in [-0.05, 0) is 32.8 Å². The van der Waals surface area contributed by atoms with Gasteiger partial charge in [0, 0.05) is 12.5 Å². The van der Waals surface area contributed by atoms with E-state index >= 15 is 0 Å². The van der Waals surface area contributed by atoms with Crippen LogP contribution in [0.5, 0.6) is 0 Å². The molecule has 0 aliphatic rings. The van der Waals surface area contributed by atoms with Gasteiger partial charge in [-0.15, -0.1) is 0 Å². The van der Waals surface area contributed by atoms with Crippen LogP contribution in [0.25, 0.3) is 0 Å². The molecule has 0 atom stereocenters. The monoisotopic (exact) mass is 349 g/mol. The number of nitriles is 1. The SMILES string of the molecule is CCOC(=O)C(CCCC#N)(C(=O)OCC)c1ccc([N+](=O)[O-])cn1. The Morgan fingerprint density at radius 3 is 2.28 bits per heavy atom. The number of carbonyl (C=O) groups is 2. The second kappa shape index (κ2) is 9.32. The summed E-state index contributed by atoms with van der Waals surface area (Å²) in [5.41, 5.74) is -2.15. The molecule has 0 radical (unpaired) electrons. The molecule has 9 heteroatoms. The first-order valence-corrected chi connectivity index (χ1v) is 7.76. The molecular formula is C16H19N3O6. The van der Waals surface area contributed by atoms with Crippen molar-refractivity contribution < 1.29 is 24.0 Å². The lowest BCUT2D eigenvalue weighted by molar-refractivity contribution is -0.385. The largest absolute Gasteiger partial charge is 0.465 e. The number of rotatable bonds is 9. The average Bonchev–Trinajstić information content (AvgIpc) is 2.59. The van der Waals surface area contributed by atoms with Gasteiger partial charge in [-0.1, -0.05) is 0 Å². The minimum atomic E-state index is -1.86. The number of esters is 2. The van der Waals surface area contributed by atoms with E-state index in [1.165, 1.54) is 6.07 Å². The molecule has 0 aromatic carbocycles. The Balaban J connectivity index is 3.43. The van der Waals surface area contributed by atoms with E-state index in [9.17, 15) is 19.7 Å². The Morgan fingerprint density at radius 1 is 1.28 bits per heavy atom. The van der Waals surface area contributed by atoms with Crippen molar-refractivity contribution >= 4 is 17.6 Å². The van der Waals surface area contributed by atoms with Crippen LogP contribution in [0, 0.1) is 21.4 Å². The first kappa shape index (κ1) is 20.0. The van der Waals surface area contributed by atoms with Crippen LogP contribution >= 0.6 is 0 Å². The Morgan fingerprint density at radius 2 is 1.88 bits per heavy atom. The van der Waals surface area contributed by atoms with Crippen LogP contribution in [0.4, 0.5) is 5.69 Å². The topological polar surface area (TPSA) is 132 Å². The smallest absolute Gasteiger partial charge is 0.329 e. The van der Waals surface area contributed by atoms with Crippen LogP contribution in [0.15, 0.2) is 18.3 Å². The highest BCUT2D eigenvalue weighted by atomic mass is 16.6. The van der Waals surface area contributed by atoms with Gasteiger partial charge in [-0.3, -0.25) is 24.7 Å². The highest BCUT2D eigenvalue weighted by Gasteiger charge is 2.51. The van der Waals surface area contributed by atoms with Crippen LogP contribution in [0.3, 0.4) is 0 Å². The maximum absolute atomic E-state index is 12.6. The summed E-state index contributed by atoms with van der Waals surface area (Å²) < 4.78 is 10.1. The fraction of sp³-hybridized carbons (Fsp3) is 0.500. The summed E-state index contributed by atoms with van der Waals surface area (Å²) in [5.74, 6) is -1.71. The van der Waals surface area contributed by atoms with Gasteiger partial charge in [-0.2, -0.15) is 5.26 Å². The molecule has 0 aliphatic carbocycles. The average molecular weight is 349 g/mol. The zero-order valence-electron chi connectivity index (χ0n) is 14.1. The number of nitro groups is 1. The highest BCUT2D eigenvalue weighted by molar-refractivity contribution is 6.06. The standard InChI is InChI=1S/C16H19N3O6/c1-3-24-14(20)16(9-5-6-10-17,15(21)25-4-2)13-8-7-12(11-18-13)19(22)23/h7-8,11H,3-6,9H2,1-2H3. The van der Waals surface area contributed by atoms with E-state index in [0.717, 1.165) is 12.3 Å². The summed E-state index contributed by atoms with van der Waals surface area (Å²) in [6.45, 7) is 3.25. The van der Waals surface area contributed by atoms with Crippen LogP contribution in [0.1, 0.15) is 38.8 Å². The van der Waals surface area contributed by atoms with Crippen molar-refractivity contribution in [3.8, 4) is 6.07 Å². The molecule has 9 nitrogen and oxygen atoms in total. The molecule has 25 heavy (non-hydrogen) atoms. The number of hydrogen-bond donors (Lipinski definition) is 0. The zero-order valence-corrected chi connectivity index (χ0v) is 14.1. The fourth-order valence-corrected chi connectivity index (χ4v) is 2.31. The zero-order chi connectivity index (χ0) is 18.9. The molecule has 0 N–H and O–H groups in total. The Bertz CT molecular complexity index is 647. The summed E-state index contributed by atoms with van der Waals surface area (Å²) >= 11 is 0. The van der Waals surface area contributed by atoms with E-state index in [2.05, 4.69) is 4.98 Å². The van der Waals surface area contributed by atoms with Gasteiger partial charge < -0.3 is 9.47 Å². The number of aromatic nitrogens is 1.